The van der Waals surface area contributed by atoms with E-state index in [1.807, 2.05) is 0 Å². The van der Waals surface area contributed by atoms with Gasteiger partial charge >= 0.3 is 0 Å². The van der Waals surface area contributed by atoms with Crippen molar-refractivity contribution in [2.75, 3.05) is 10.5 Å². The lowest BCUT2D eigenvalue weighted by Gasteiger charge is -2.06. The standard InChI is InChI=1S/C9H9BrN4O2S/c10-6-1-3-7(4-2-6)17(15,16)14-9-8(11)5-12-13-9/h1-5H,11H2,(H2,12,13,14). The Morgan fingerprint density at radius 1 is 1.29 bits per heavy atom. The van der Waals surface area contributed by atoms with Gasteiger partial charge in [-0.3, -0.25) is 9.82 Å². The molecule has 0 atom stereocenters. The van der Waals surface area contributed by atoms with Gasteiger partial charge in [-0.2, -0.15) is 5.10 Å². The average molecular weight is 317 g/mol. The molecule has 0 unspecified atom stereocenters. The van der Waals surface area contributed by atoms with Gasteiger partial charge in [0, 0.05) is 4.47 Å². The Bertz CT molecular complexity index is 621. The summed E-state index contributed by atoms with van der Waals surface area (Å²) in [4.78, 5) is 0.148. The van der Waals surface area contributed by atoms with Crippen LogP contribution < -0.4 is 10.5 Å². The molecule has 8 heteroatoms. The molecule has 0 aliphatic carbocycles. The predicted molar refractivity (Wildman–Crippen MR) is 68.0 cm³/mol. The van der Waals surface area contributed by atoms with Crippen molar-refractivity contribution in [3.63, 3.8) is 0 Å². The van der Waals surface area contributed by atoms with Crippen molar-refractivity contribution in [1.29, 1.82) is 0 Å². The van der Waals surface area contributed by atoms with Crippen LogP contribution in [0.2, 0.25) is 0 Å². The van der Waals surface area contributed by atoms with E-state index in [0.717, 1.165) is 4.47 Å². The summed E-state index contributed by atoms with van der Waals surface area (Å²) in [5.41, 5.74) is 5.76. The number of nitrogen functional groups attached to an aromatic ring is 1. The molecule has 0 radical (unpaired) electrons. The van der Waals surface area contributed by atoms with Crippen LogP contribution >= 0.6 is 15.9 Å². The highest BCUT2D eigenvalue weighted by atomic mass is 79.9. The first kappa shape index (κ1) is 11.9. The molecule has 0 aliphatic heterocycles. The van der Waals surface area contributed by atoms with Crippen LogP contribution in [-0.4, -0.2) is 18.6 Å². The van der Waals surface area contributed by atoms with Crippen molar-refractivity contribution in [3.05, 3.63) is 34.9 Å². The maximum absolute atomic E-state index is 11.9. The summed E-state index contributed by atoms with van der Waals surface area (Å²) in [6.07, 6.45) is 1.33. The third kappa shape index (κ3) is 2.59. The van der Waals surface area contributed by atoms with Gasteiger partial charge in [-0.25, -0.2) is 8.42 Å². The molecule has 0 amide bonds. The van der Waals surface area contributed by atoms with Crippen LogP contribution in [0.15, 0.2) is 39.8 Å². The van der Waals surface area contributed by atoms with Gasteiger partial charge in [-0.15, -0.1) is 0 Å². The molecule has 0 saturated heterocycles. The molecule has 1 heterocycles. The van der Waals surface area contributed by atoms with Gasteiger partial charge in [0.15, 0.2) is 5.82 Å². The van der Waals surface area contributed by atoms with Gasteiger partial charge in [-0.1, -0.05) is 15.9 Å². The lowest BCUT2D eigenvalue weighted by Crippen LogP contribution is -2.14. The molecule has 17 heavy (non-hydrogen) atoms. The Morgan fingerprint density at radius 3 is 2.47 bits per heavy atom. The van der Waals surface area contributed by atoms with Crippen LogP contribution in [0.5, 0.6) is 0 Å². The number of H-pyrrole nitrogens is 1. The minimum atomic E-state index is -3.64. The first-order chi connectivity index (χ1) is 7.99. The minimum Gasteiger partial charge on any atom is -0.394 e. The summed E-state index contributed by atoms with van der Waals surface area (Å²) in [5, 5.41) is 6.10. The number of nitrogens with two attached hydrogens (primary N) is 1. The molecule has 4 N–H and O–H groups in total. The second kappa shape index (κ2) is 4.38. The van der Waals surface area contributed by atoms with Gasteiger partial charge in [0.1, 0.15) is 0 Å². The van der Waals surface area contributed by atoms with E-state index in [-0.39, 0.29) is 16.4 Å². The molecule has 90 valence electrons. The highest BCUT2D eigenvalue weighted by molar-refractivity contribution is 9.10. The number of hydrogen-bond donors (Lipinski definition) is 3. The topological polar surface area (TPSA) is 101 Å². The number of rotatable bonds is 3. The zero-order valence-corrected chi connectivity index (χ0v) is 10.9. The molecule has 2 aromatic rings. The van der Waals surface area contributed by atoms with E-state index in [2.05, 4.69) is 30.8 Å². The molecular formula is C9H9BrN4O2S. The Labute approximate surface area is 106 Å². The van der Waals surface area contributed by atoms with Gasteiger partial charge in [-0.05, 0) is 24.3 Å². The highest BCUT2D eigenvalue weighted by Crippen LogP contribution is 2.20. The van der Waals surface area contributed by atoms with E-state index in [4.69, 9.17) is 5.73 Å². The molecule has 1 aromatic heterocycles. The number of aromatic amines is 1. The molecule has 1 aromatic carbocycles. The second-order valence-corrected chi connectivity index (χ2v) is 5.86. The number of anilines is 2. The summed E-state index contributed by atoms with van der Waals surface area (Å²) < 4.78 is 27.0. The summed E-state index contributed by atoms with van der Waals surface area (Å²) in [6.45, 7) is 0. The van der Waals surface area contributed by atoms with E-state index in [0.29, 0.717) is 0 Å². The Balaban J connectivity index is 2.31. The van der Waals surface area contributed by atoms with Crippen molar-refractivity contribution in [2.45, 2.75) is 4.90 Å². The van der Waals surface area contributed by atoms with Crippen LogP contribution in [0.4, 0.5) is 11.5 Å². The fourth-order valence-electron chi connectivity index (χ4n) is 1.18. The summed E-state index contributed by atoms with van der Waals surface area (Å²) >= 11 is 3.23. The first-order valence-electron chi connectivity index (χ1n) is 4.56. The number of nitrogens with one attached hydrogen (secondary N) is 2. The van der Waals surface area contributed by atoms with Crippen molar-refractivity contribution < 1.29 is 8.42 Å². The third-order valence-corrected chi connectivity index (χ3v) is 3.92. The highest BCUT2D eigenvalue weighted by Gasteiger charge is 2.16. The van der Waals surface area contributed by atoms with E-state index in [1.54, 1.807) is 12.1 Å². The fraction of sp³-hybridized carbons (Fsp3) is 0. The molecule has 6 nitrogen and oxygen atoms in total. The smallest absolute Gasteiger partial charge is 0.263 e. The predicted octanol–water partition coefficient (Wildman–Crippen LogP) is 1.56. The number of hydrogen-bond acceptors (Lipinski definition) is 4. The second-order valence-electron chi connectivity index (χ2n) is 3.26. The zero-order valence-electron chi connectivity index (χ0n) is 8.51. The van der Waals surface area contributed by atoms with E-state index in [1.165, 1.54) is 18.3 Å². The van der Waals surface area contributed by atoms with Gasteiger partial charge in [0.2, 0.25) is 0 Å². The first-order valence-corrected chi connectivity index (χ1v) is 6.84. The summed E-state index contributed by atoms with van der Waals surface area (Å²) in [7, 11) is -3.64. The van der Waals surface area contributed by atoms with Crippen molar-refractivity contribution >= 4 is 37.5 Å². The summed E-state index contributed by atoms with van der Waals surface area (Å²) in [5.74, 6) is 0.160. The van der Waals surface area contributed by atoms with Crippen LogP contribution in [0.1, 0.15) is 0 Å². The number of nitrogens with zero attached hydrogens (tertiary/aromatic N) is 1. The minimum absolute atomic E-state index is 0.148. The number of halogens is 1. The van der Waals surface area contributed by atoms with E-state index < -0.39 is 10.0 Å². The summed E-state index contributed by atoms with van der Waals surface area (Å²) in [6, 6.07) is 6.26. The van der Waals surface area contributed by atoms with Crippen molar-refractivity contribution in [1.82, 2.24) is 10.2 Å². The van der Waals surface area contributed by atoms with Crippen LogP contribution in [0, 0.1) is 0 Å². The van der Waals surface area contributed by atoms with Gasteiger partial charge in [0.05, 0.1) is 16.8 Å². The number of benzene rings is 1. The lowest BCUT2D eigenvalue weighted by molar-refractivity contribution is 0.601. The third-order valence-electron chi connectivity index (χ3n) is 2.03. The largest absolute Gasteiger partial charge is 0.394 e. The number of aromatic nitrogens is 2. The Morgan fingerprint density at radius 2 is 1.94 bits per heavy atom. The Hall–Kier alpha value is -1.54. The van der Waals surface area contributed by atoms with Crippen molar-refractivity contribution in [3.8, 4) is 0 Å². The molecule has 2 rings (SSSR count). The quantitative estimate of drug-likeness (QED) is 0.799. The lowest BCUT2D eigenvalue weighted by atomic mass is 10.4. The molecule has 0 fully saturated rings. The van der Waals surface area contributed by atoms with Crippen LogP contribution in [-0.2, 0) is 10.0 Å². The maximum atomic E-state index is 11.9. The zero-order chi connectivity index (χ0) is 12.5. The van der Waals surface area contributed by atoms with Crippen LogP contribution in [0.3, 0.4) is 0 Å². The molecule has 0 spiro atoms. The number of sulfonamides is 1. The van der Waals surface area contributed by atoms with Gasteiger partial charge in [0.25, 0.3) is 10.0 Å². The maximum Gasteiger partial charge on any atom is 0.263 e. The molecule has 0 aliphatic rings. The molecular weight excluding hydrogens is 308 g/mol. The SMILES string of the molecule is Nc1cn[nH]c1NS(=O)(=O)c1ccc(Br)cc1. The normalized spacial score (nSPS) is 11.4. The fourth-order valence-corrected chi connectivity index (χ4v) is 2.49. The Kier molecular flexibility index (Phi) is 3.07. The van der Waals surface area contributed by atoms with E-state index >= 15 is 0 Å². The molecule has 0 saturated carbocycles. The van der Waals surface area contributed by atoms with E-state index in [9.17, 15) is 8.42 Å². The van der Waals surface area contributed by atoms with Crippen LogP contribution in [0.25, 0.3) is 0 Å². The van der Waals surface area contributed by atoms with Crippen molar-refractivity contribution in [2.24, 2.45) is 0 Å². The molecule has 0 bridgehead atoms. The monoisotopic (exact) mass is 316 g/mol. The van der Waals surface area contributed by atoms with Gasteiger partial charge < -0.3 is 5.73 Å². The average Bonchev–Trinajstić information content (AvgIpc) is 2.64.